The predicted molar refractivity (Wildman–Crippen MR) is 74.5 cm³/mol. The predicted octanol–water partition coefficient (Wildman–Crippen LogP) is 1.57. The molecular formula is C14H19N3O4. The number of furan rings is 1. The molecule has 2 aromatic heterocycles. The maximum absolute atomic E-state index is 12.2. The van der Waals surface area contributed by atoms with Crippen LogP contribution in [0.4, 0.5) is 0 Å². The van der Waals surface area contributed by atoms with Crippen molar-refractivity contribution >= 4 is 5.91 Å². The van der Waals surface area contributed by atoms with Gasteiger partial charge in [-0.1, -0.05) is 0 Å². The van der Waals surface area contributed by atoms with Gasteiger partial charge in [-0.15, -0.1) is 0 Å². The summed E-state index contributed by atoms with van der Waals surface area (Å²) in [6.07, 6.45) is 0. The van der Waals surface area contributed by atoms with Crippen LogP contribution in [-0.4, -0.2) is 42.3 Å². The molecule has 0 saturated carbocycles. The Morgan fingerprint density at radius 2 is 2.10 bits per heavy atom. The van der Waals surface area contributed by atoms with E-state index in [1.807, 2.05) is 6.07 Å². The van der Waals surface area contributed by atoms with Crippen molar-refractivity contribution in [3.05, 3.63) is 41.1 Å². The molecule has 2 heterocycles. The molecule has 0 atom stereocenters. The van der Waals surface area contributed by atoms with Crippen LogP contribution in [0.5, 0.6) is 0 Å². The molecular weight excluding hydrogens is 274 g/mol. The average Bonchev–Trinajstić information content (AvgIpc) is 3.09. The SMILES string of the molecule is COCc1cc(CN(C)C(=O)c2ccc(COC)o2)[nH]n1. The molecule has 7 heteroatoms. The van der Waals surface area contributed by atoms with Crippen molar-refractivity contribution in [1.29, 1.82) is 0 Å². The number of carbonyl (C=O) groups excluding carboxylic acids is 1. The highest BCUT2D eigenvalue weighted by Crippen LogP contribution is 2.12. The highest BCUT2D eigenvalue weighted by atomic mass is 16.5. The number of nitrogens with zero attached hydrogens (tertiary/aromatic N) is 2. The number of aromatic nitrogens is 2. The first-order valence-corrected chi connectivity index (χ1v) is 6.49. The molecule has 0 saturated heterocycles. The fourth-order valence-corrected chi connectivity index (χ4v) is 1.94. The van der Waals surface area contributed by atoms with Crippen molar-refractivity contribution in [2.45, 2.75) is 19.8 Å². The summed E-state index contributed by atoms with van der Waals surface area (Å²) in [5.74, 6) is 0.722. The van der Waals surface area contributed by atoms with Crippen LogP contribution >= 0.6 is 0 Å². The highest BCUT2D eigenvalue weighted by Gasteiger charge is 2.17. The van der Waals surface area contributed by atoms with E-state index in [0.29, 0.717) is 31.3 Å². The summed E-state index contributed by atoms with van der Waals surface area (Å²) in [6, 6.07) is 5.25. The van der Waals surface area contributed by atoms with Gasteiger partial charge in [0.1, 0.15) is 12.4 Å². The molecule has 0 radical (unpaired) electrons. The maximum atomic E-state index is 12.2. The number of rotatable bonds is 7. The molecule has 0 aromatic carbocycles. The topological polar surface area (TPSA) is 80.6 Å². The summed E-state index contributed by atoms with van der Waals surface area (Å²) in [4.78, 5) is 13.8. The first kappa shape index (κ1) is 15.3. The Labute approximate surface area is 122 Å². The molecule has 1 amide bonds. The van der Waals surface area contributed by atoms with E-state index >= 15 is 0 Å². The van der Waals surface area contributed by atoms with Crippen molar-refractivity contribution in [2.75, 3.05) is 21.3 Å². The summed E-state index contributed by atoms with van der Waals surface area (Å²) < 4.78 is 15.4. The smallest absolute Gasteiger partial charge is 0.289 e. The second kappa shape index (κ2) is 7.05. The van der Waals surface area contributed by atoms with E-state index in [1.54, 1.807) is 38.3 Å². The van der Waals surface area contributed by atoms with Crippen LogP contribution in [-0.2, 0) is 29.2 Å². The Morgan fingerprint density at radius 3 is 2.81 bits per heavy atom. The van der Waals surface area contributed by atoms with Crippen LogP contribution in [0.2, 0.25) is 0 Å². The standard InChI is InChI=1S/C14H19N3O4/c1-17(7-10-6-11(8-19-2)16-15-10)14(18)13-5-4-12(21-13)9-20-3/h4-6H,7-9H2,1-3H3,(H,15,16). The highest BCUT2D eigenvalue weighted by molar-refractivity contribution is 5.91. The molecule has 0 bridgehead atoms. The Kier molecular flexibility index (Phi) is 5.13. The number of methoxy groups -OCH3 is 2. The molecule has 21 heavy (non-hydrogen) atoms. The second-order valence-electron chi connectivity index (χ2n) is 4.68. The Bertz CT molecular complexity index is 591. The van der Waals surface area contributed by atoms with E-state index in [2.05, 4.69) is 10.2 Å². The van der Waals surface area contributed by atoms with Crippen molar-refractivity contribution < 1.29 is 18.7 Å². The minimum Gasteiger partial charge on any atom is -0.453 e. The van der Waals surface area contributed by atoms with Gasteiger partial charge in [0.25, 0.3) is 5.91 Å². The third kappa shape index (κ3) is 3.93. The fourth-order valence-electron chi connectivity index (χ4n) is 1.94. The van der Waals surface area contributed by atoms with Gasteiger partial charge >= 0.3 is 0 Å². The number of hydrogen-bond donors (Lipinski definition) is 1. The average molecular weight is 293 g/mol. The lowest BCUT2D eigenvalue weighted by Crippen LogP contribution is -2.26. The van der Waals surface area contributed by atoms with E-state index in [1.165, 1.54) is 0 Å². The van der Waals surface area contributed by atoms with Crippen molar-refractivity contribution in [3.8, 4) is 0 Å². The first-order valence-electron chi connectivity index (χ1n) is 6.49. The van der Waals surface area contributed by atoms with Gasteiger partial charge in [-0.3, -0.25) is 9.89 Å². The third-order valence-electron chi connectivity index (χ3n) is 2.89. The molecule has 7 nitrogen and oxygen atoms in total. The van der Waals surface area contributed by atoms with Crippen molar-refractivity contribution in [3.63, 3.8) is 0 Å². The van der Waals surface area contributed by atoms with Gasteiger partial charge in [-0.2, -0.15) is 5.10 Å². The summed E-state index contributed by atoms with van der Waals surface area (Å²) in [5, 5.41) is 6.97. The molecule has 0 aliphatic rings. The molecule has 0 aliphatic carbocycles. The lowest BCUT2D eigenvalue weighted by atomic mass is 10.3. The lowest BCUT2D eigenvalue weighted by molar-refractivity contribution is 0.0744. The zero-order chi connectivity index (χ0) is 15.2. The minimum absolute atomic E-state index is 0.194. The fraction of sp³-hybridized carbons (Fsp3) is 0.429. The van der Waals surface area contributed by atoms with Crippen LogP contribution in [0.1, 0.15) is 27.7 Å². The monoisotopic (exact) mass is 293 g/mol. The maximum Gasteiger partial charge on any atom is 0.289 e. The van der Waals surface area contributed by atoms with Gasteiger partial charge in [0.15, 0.2) is 5.76 Å². The van der Waals surface area contributed by atoms with E-state index in [9.17, 15) is 4.79 Å². The number of hydrogen-bond acceptors (Lipinski definition) is 5. The van der Waals surface area contributed by atoms with Gasteiger partial charge in [-0.25, -0.2) is 0 Å². The van der Waals surface area contributed by atoms with E-state index in [0.717, 1.165) is 11.4 Å². The molecule has 2 aromatic rings. The van der Waals surface area contributed by atoms with Gasteiger partial charge in [-0.05, 0) is 18.2 Å². The zero-order valence-corrected chi connectivity index (χ0v) is 12.4. The van der Waals surface area contributed by atoms with Crippen LogP contribution in [0, 0.1) is 0 Å². The summed E-state index contributed by atoms with van der Waals surface area (Å²) in [5.41, 5.74) is 1.63. The summed E-state index contributed by atoms with van der Waals surface area (Å²) >= 11 is 0. The zero-order valence-electron chi connectivity index (χ0n) is 12.4. The number of aromatic amines is 1. The lowest BCUT2D eigenvalue weighted by Gasteiger charge is -2.14. The summed E-state index contributed by atoms with van der Waals surface area (Å²) in [7, 11) is 4.89. The molecule has 0 aliphatic heterocycles. The van der Waals surface area contributed by atoms with Gasteiger partial charge in [0.2, 0.25) is 0 Å². The molecule has 1 N–H and O–H groups in total. The van der Waals surface area contributed by atoms with Gasteiger partial charge < -0.3 is 18.8 Å². The van der Waals surface area contributed by atoms with E-state index < -0.39 is 0 Å². The van der Waals surface area contributed by atoms with Gasteiger partial charge in [0, 0.05) is 21.3 Å². The van der Waals surface area contributed by atoms with Crippen LogP contribution < -0.4 is 0 Å². The summed E-state index contributed by atoms with van der Waals surface area (Å²) in [6.45, 7) is 1.19. The molecule has 0 spiro atoms. The van der Waals surface area contributed by atoms with Crippen LogP contribution in [0.3, 0.4) is 0 Å². The van der Waals surface area contributed by atoms with E-state index in [-0.39, 0.29) is 5.91 Å². The Balaban J connectivity index is 1.97. The second-order valence-corrected chi connectivity index (χ2v) is 4.68. The normalized spacial score (nSPS) is 10.8. The Morgan fingerprint density at radius 1 is 1.33 bits per heavy atom. The van der Waals surface area contributed by atoms with Crippen LogP contribution in [0.15, 0.2) is 22.6 Å². The van der Waals surface area contributed by atoms with Gasteiger partial charge in [0.05, 0.1) is 24.5 Å². The molecule has 0 fully saturated rings. The van der Waals surface area contributed by atoms with Crippen molar-refractivity contribution in [2.24, 2.45) is 0 Å². The van der Waals surface area contributed by atoms with E-state index in [4.69, 9.17) is 13.9 Å². The third-order valence-corrected chi connectivity index (χ3v) is 2.89. The number of carbonyl (C=O) groups is 1. The largest absolute Gasteiger partial charge is 0.453 e. The number of nitrogens with one attached hydrogen (secondary N) is 1. The minimum atomic E-state index is -0.194. The quantitative estimate of drug-likeness (QED) is 0.838. The Hall–Kier alpha value is -2.12. The first-order chi connectivity index (χ1) is 10.1. The number of ether oxygens (including phenoxy) is 2. The number of H-pyrrole nitrogens is 1. The van der Waals surface area contributed by atoms with Crippen molar-refractivity contribution in [1.82, 2.24) is 15.1 Å². The molecule has 0 unspecified atom stereocenters. The van der Waals surface area contributed by atoms with Crippen LogP contribution in [0.25, 0.3) is 0 Å². The number of amides is 1. The molecule has 114 valence electrons. The molecule has 2 rings (SSSR count).